The lowest BCUT2D eigenvalue weighted by Crippen LogP contribution is -2.50. The smallest absolute Gasteiger partial charge is 0.253 e. The van der Waals surface area contributed by atoms with Crippen LogP contribution in [0.5, 0.6) is 0 Å². The van der Waals surface area contributed by atoms with Crippen LogP contribution in [0.15, 0.2) is 36.4 Å². The second kappa shape index (κ2) is 11.4. The monoisotopic (exact) mass is 484 g/mol. The molecule has 0 heterocycles. The Morgan fingerprint density at radius 1 is 1.16 bits per heavy atom. The van der Waals surface area contributed by atoms with Gasteiger partial charge in [0, 0.05) is 18.7 Å². The number of rotatable bonds is 9. The van der Waals surface area contributed by atoms with Crippen LogP contribution in [0.1, 0.15) is 48.1 Å². The van der Waals surface area contributed by atoms with Gasteiger partial charge in [-0.1, -0.05) is 48.3 Å². The second-order valence-corrected chi connectivity index (χ2v) is 9.30. The van der Waals surface area contributed by atoms with Crippen molar-refractivity contribution in [3.63, 3.8) is 0 Å². The van der Waals surface area contributed by atoms with E-state index >= 15 is 0 Å². The molecule has 4 nitrogen and oxygen atoms in total. The number of benzene rings is 2. The minimum atomic E-state index is -1.32. The maximum Gasteiger partial charge on any atom is 0.253 e. The number of hydrogen-bond donors (Lipinski definition) is 3. The molecular formula is C24H28Cl2F2N2O2. The van der Waals surface area contributed by atoms with E-state index in [-0.39, 0.29) is 19.0 Å². The van der Waals surface area contributed by atoms with Crippen molar-refractivity contribution in [1.82, 2.24) is 10.6 Å². The third kappa shape index (κ3) is 6.64. The molecule has 0 radical (unpaired) electrons. The number of amides is 1. The maximum atomic E-state index is 13.6. The molecule has 32 heavy (non-hydrogen) atoms. The Kier molecular flexibility index (Phi) is 8.88. The van der Waals surface area contributed by atoms with Gasteiger partial charge in [0.1, 0.15) is 11.6 Å². The lowest BCUT2D eigenvalue weighted by Gasteiger charge is -2.30. The molecule has 0 aromatic heterocycles. The Morgan fingerprint density at radius 3 is 2.53 bits per heavy atom. The number of alkyl halides is 2. The number of carbonyl (C=O) groups excluding carboxylic acids is 1. The summed E-state index contributed by atoms with van der Waals surface area (Å²) < 4.78 is 27.2. The van der Waals surface area contributed by atoms with E-state index in [0.29, 0.717) is 5.56 Å². The molecule has 0 bridgehead atoms. The maximum absolute atomic E-state index is 13.6. The molecule has 8 heteroatoms. The predicted molar refractivity (Wildman–Crippen MR) is 123 cm³/mol. The van der Waals surface area contributed by atoms with Crippen LogP contribution in [-0.4, -0.2) is 34.5 Å². The molecule has 0 fully saturated rings. The lowest BCUT2D eigenvalue weighted by atomic mass is 9.86. The number of aliphatic hydroxyl groups excluding tert-OH is 1. The summed E-state index contributed by atoms with van der Waals surface area (Å²) in [5.41, 5.74) is 4.10. The summed E-state index contributed by atoms with van der Waals surface area (Å²) in [6, 6.07) is 8.88. The molecule has 2 aromatic rings. The Balaban J connectivity index is 1.72. The van der Waals surface area contributed by atoms with Gasteiger partial charge in [0.2, 0.25) is 0 Å². The standard InChI is InChI=1S/C24H28Cl2F2N2O2/c1-2-14-6-7-16-4-3-5-20(19(16)10-14)29-13-22(31)21(30-24(32)23(25)26)11-15-8-17(27)12-18(28)9-15/h6-10,12,20-23,29,31H,2-5,11,13H2,1H3,(H,30,32)/t20?,21-,22+/m0/s1. The summed E-state index contributed by atoms with van der Waals surface area (Å²) in [6.07, 6.45) is 2.93. The number of nitrogens with one attached hydrogen (secondary N) is 2. The van der Waals surface area contributed by atoms with Crippen molar-refractivity contribution >= 4 is 29.1 Å². The quantitative estimate of drug-likeness (QED) is 0.462. The van der Waals surface area contributed by atoms with E-state index in [4.69, 9.17) is 23.2 Å². The van der Waals surface area contributed by atoms with Crippen molar-refractivity contribution in [2.75, 3.05) is 6.54 Å². The van der Waals surface area contributed by atoms with Crippen molar-refractivity contribution in [3.05, 3.63) is 70.3 Å². The van der Waals surface area contributed by atoms with Gasteiger partial charge in [-0.25, -0.2) is 8.78 Å². The fourth-order valence-electron chi connectivity index (χ4n) is 4.20. The second-order valence-electron chi connectivity index (χ2n) is 8.20. The summed E-state index contributed by atoms with van der Waals surface area (Å²) in [5.74, 6) is -2.13. The highest BCUT2D eigenvalue weighted by atomic mass is 35.5. The van der Waals surface area contributed by atoms with Crippen molar-refractivity contribution in [2.24, 2.45) is 0 Å². The number of fused-ring (bicyclic) bond motifs is 1. The van der Waals surface area contributed by atoms with Gasteiger partial charge in [0.15, 0.2) is 4.84 Å². The van der Waals surface area contributed by atoms with E-state index in [1.54, 1.807) is 0 Å². The summed E-state index contributed by atoms with van der Waals surface area (Å²) in [6.45, 7) is 2.29. The normalized spacial score (nSPS) is 17.7. The molecule has 1 aliphatic carbocycles. The molecule has 3 atom stereocenters. The molecule has 3 rings (SSSR count). The van der Waals surface area contributed by atoms with Crippen LogP contribution in [0.3, 0.4) is 0 Å². The fourth-order valence-corrected chi connectivity index (χ4v) is 4.32. The molecule has 1 aliphatic rings. The zero-order chi connectivity index (χ0) is 23.3. The van der Waals surface area contributed by atoms with Gasteiger partial charge in [0.05, 0.1) is 12.1 Å². The number of aliphatic hydroxyl groups is 1. The Hall–Kier alpha value is -1.73. The van der Waals surface area contributed by atoms with Crippen LogP contribution in [0.4, 0.5) is 8.78 Å². The topological polar surface area (TPSA) is 61.4 Å². The molecule has 0 aliphatic heterocycles. The number of hydrogen-bond acceptors (Lipinski definition) is 3. The first-order valence-electron chi connectivity index (χ1n) is 10.8. The van der Waals surface area contributed by atoms with Crippen molar-refractivity contribution in [3.8, 4) is 0 Å². The zero-order valence-electron chi connectivity index (χ0n) is 17.9. The number of halogens is 4. The van der Waals surface area contributed by atoms with Gasteiger partial charge >= 0.3 is 0 Å². The lowest BCUT2D eigenvalue weighted by molar-refractivity contribution is -0.121. The minimum Gasteiger partial charge on any atom is -0.390 e. The molecule has 0 saturated carbocycles. The Labute approximate surface area is 197 Å². The van der Waals surface area contributed by atoms with Gasteiger partial charge < -0.3 is 15.7 Å². The first-order chi connectivity index (χ1) is 15.3. The van der Waals surface area contributed by atoms with E-state index in [1.165, 1.54) is 28.8 Å². The number of carbonyl (C=O) groups is 1. The van der Waals surface area contributed by atoms with Crippen molar-refractivity contribution < 1.29 is 18.7 Å². The molecule has 3 N–H and O–H groups in total. The minimum absolute atomic E-state index is 0.0189. The van der Waals surface area contributed by atoms with E-state index in [0.717, 1.165) is 31.7 Å². The van der Waals surface area contributed by atoms with Gasteiger partial charge in [-0.2, -0.15) is 0 Å². The van der Waals surface area contributed by atoms with Crippen LogP contribution in [0.2, 0.25) is 0 Å². The Bertz CT molecular complexity index is 922. The van der Waals surface area contributed by atoms with E-state index in [2.05, 4.69) is 35.8 Å². The third-order valence-corrected chi connectivity index (χ3v) is 6.27. The van der Waals surface area contributed by atoms with Gasteiger partial charge in [-0.3, -0.25) is 4.79 Å². The first kappa shape index (κ1) is 24.9. The SMILES string of the molecule is CCc1ccc2c(c1)C(NC[C@@H](O)[C@H](Cc1cc(F)cc(F)c1)NC(=O)C(Cl)Cl)CCC2. The van der Waals surface area contributed by atoms with E-state index in [9.17, 15) is 18.7 Å². The fraction of sp³-hybridized carbons (Fsp3) is 0.458. The van der Waals surface area contributed by atoms with E-state index in [1.807, 2.05) is 0 Å². The molecule has 2 aromatic carbocycles. The predicted octanol–water partition coefficient (Wildman–Crippen LogP) is 4.39. The van der Waals surface area contributed by atoms with Gasteiger partial charge in [0.25, 0.3) is 5.91 Å². The summed E-state index contributed by atoms with van der Waals surface area (Å²) >= 11 is 11.3. The average Bonchev–Trinajstić information content (AvgIpc) is 2.75. The van der Waals surface area contributed by atoms with Crippen LogP contribution in [0, 0.1) is 11.6 Å². The van der Waals surface area contributed by atoms with Gasteiger partial charge in [-0.05, 0) is 66.5 Å². The van der Waals surface area contributed by atoms with Crippen molar-refractivity contribution in [2.45, 2.75) is 62.1 Å². The molecule has 0 spiro atoms. The summed E-state index contributed by atoms with van der Waals surface area (Å²) in [5, 5.41) is 16.9. The highest BCUT2D eigenvalue weighted by Crippen LogP contribution is 2.30. The van der Waals surface area contributed by atoms with E-state index < -0.39 is 34.5 Å². The van der Waals surface area contributed by atoms with Crippen LogP contribution >= 0.6 is 23.2 Å². The van der Waals surface area contributed by atoms with Crippen molar-refractivity contribution in [1.29, 1.82) is 0 Å². The Morgan fingerprint density at radius 2 is 1.88 bits per heavy atom. The van der Waals surface area contributed by atoms with Crippen LogP contribution in [-0.2, 0) is 24.1 Å². The number of aryl methyl sites for hydroxylation is 2. The summed E-state index contributed by atoms with van der Waals surface area (Å²) in [7, 11) is 0. The first-order valence-corrected chi connectivity index (χ1v) is 11.7. The largest absolute Gasteiger partial charge is 0.390 e. The average molecular weight is 485 g/mol. The molecule has 1 unspecified atom stereocenters. The summed E-state index contributed by atoms with van der Waals surface area (Å²) in [4.78, 5) is 10.7. The van der Waals surface area contributed by atoms with Crippen LogP contribution in [0.25, 0.3) is 0 Å². The highest BCUT2D eigenvalue weighted by Gasteiger charge is 2.27. The highest BCUT2D eigenvalue weighted by molar-refractivity contribution is 6.53. The molecule has 0 saturated heterocycles. The zero-order valence-corrected chi connectivity index (χ0v) is 19.4. The van der Waals surface area contributed by atoms with Gasteiger partial charge in [-0.15, -0.1) is 0 Å². The molecule has 1 amide bonds. The third-order valence-electron chi connectivity index (χ3n) is 5.87. The molecular weight excluding hydrogens is 457 g/mol. The molecule has 174 valence electrons. The van der Waals surface area contributed by atoms with Crippen LogP contribution < -0.4 is 10.6 Å².